The van der Waals surface area contributed by atoms with Crippen LogP contribution in [0.25, 0.3) is 11.3 Å². The van der Waals surface area contributed by atoms with Gasteiger partial charge >= 0.3 is 0 Å². The average molecular weight is 530 g/mol. The molecular weight excluding hydrogens is 494 g/mol. The second kappa shape index (κ2) is 13.2. The number of unbranched alkanes of at least 4 members (excludes halogenated alkanes) is 1. The van der Waals surface area contributed by atoms with E-state index in [0.29, 0.717) is 30.4 Å². The highest BCUT2D eigenvalue weighted by Crippen LogP contribution is 2.33. The van der Waals surface area contributed by atoms with E-state index in [1.807, 2.05) is 53.2 Å². The van der Waals surface area contributed by atoms with Crippen LogP contribution in [0, 0.1) is 5.41 Å². The van der Waals surface area contributed by atoms with Gasteiger partial charge in [0.25, 0.3) is 0 Å². The Hall–Kier alpha value is -3.68. The van der Waals surface area contributed by atoms with Crippen molar-refractivity contribution in [1.82, 2.24) is 10.5 Å². The standard InChI is InChI=1S/C31H35N3O3S/c1-4-5-6-28-29(33-31(38-28)21(2)3)24-11-15-26(16-12-24)36-19-22-7-9-23(10-8-22)20-37-27-17-13-25(14-18-27)30(32)34-35/h7-18,21,35H,4-6,19-20H2,1-3H3,(H2,32,34). The minimum Gasteiger partial charge on any atom is -0.489 e. The lowest BCUT2D eigenvalue weighted by molar-refractivity contribution is 0.234. The SMILES string of the molecule is CCCCc1sc(C(C)C)nc1-c1ccc(OCc2ccc(COc3ccc(C(=N)NO)cc3)cc2)cc1. The number of ether oxygens (including phenoxy) is 2. The maximum Gasteiger partial charge on any atom is 0.149 e. The van der Waals surface area contributed by atoms with Gasteiger partial charge in [0, 0.05) is 21.9 Å². The Bertz CT molecular complexity index is 1310. The summed E-state index contributed by atoms with van der Waals surface area (Å²) in [5, 5.41) is 17.6. The number of rotatable bonds is 12. The number of hydrogen-bond donors (Lipinski definition) is 3. The molecule has 7 heteroatoms. The van der Waals surface area contributed by atoms with Crippen molar-refractivity contribution in [2.24, 2.45) is 0 Å². The summed E-state index contributed by atoms with van der Waals surface area (Å²) in [6, 6.07) is 23.4. The lowest BCUT2D eigenvalue weighted by Crippen LogP contribution is -2.18. The van der Waals surface area contributed by atoms with Gasteiger partial charge in [-0.05, 0) is 72.5 Å². The summed E-state index contributed by atoms with van der Waals surface area (Å²) in [5.74, 6) is 1.92. The summed E-state index contributed by atoms with van der Waals surface area (Å²) in [7, 11) is 0. The molecule has 3 N–H and O–H groups in total. The van der Waals surface area contributed by atoms with E-state index in [1.54, 1.807) is 24.3 Å². The topological polar surface area (TPSA) is 87.5 Å². The summed E-state index contributed by atoms with van der Waals surface area (Å²) in [4.78, 5) is 6.34. The third kappa shape index (κ3) is 7.21. The molecule has 6 nitrogen and oxygen atoms in total. The second-order valence-corrected chi connectivity index (χ2v) is 10.6. The zero-order valence-electron chi connectivity index (χ0n) is 22.2. The average Bonchev–Trinajstić information content (AvgIpc) is 3.39. The van der Waals surface area contributed by atoms with Gasteiger partial charge in [0.2, 0.25) is 0 Å². The van der Waals surface area contributed by atoms with Crippen LogP contribution in [0.4, 0.5) is 0 Å². The van der Waals surface area contributed by atoms with Crippen LogP contribution in [-0.4, -0.2) is 16.0 Å². The van der Waals surface area contributed by atoms with Crippen molar-refractivity contribution in [1.29, 1.82) is 5.41 Å². The van der Waals surface area contributed by atoms with Crippen molar-refractivity contribution in [3.8, 4) is 22.8 Å². The normalized spacial score (nSPS) is 11.0. The molecule has 3 aromatic carbocycles. The summed E-state index contributed by atoms with van der Waals surface area (Å²) in [5.41, 5.74) is 6.82. The lowest BCUT2D eigenvalue weighted by atomic mass is 10.1. The molecule has 0 unspecified atom stereocenters. The zero-order chi connectivity index (χ0) is 26.9. The van der Waals surface area contributed by atoms with Gasteiger partial charge in [-0.1, -0.05) is 51.5 Å². The third-order valence-electron chi connectivity index (χ3n) is 6.18. The highest BCUT2D eigenvalue weighted by Gasteiger charge is 2.15. The van der Waals surface area contributed by atoms with Gasteiger partial charge in [0.05, 0.1) is 10.7 Å². The van der Waals surface area contributed by atoms with Crippen LogP contribution in [0.15, 0.2) is 72.8 Å². The van der Waals surface area contributed by atoms with Gasteiger partial charge in [0.15, 0.2) is 0 Å². The molecule has 4 aromatic rings. The van der Waals surface area contributed by atoms with Crippen LogP contribution in [-0.2, 0) is 19.6 Å². The van der Waals surface area contributed by atoms with E-state index in [0.717, 1.165) is 34.6 Å². The molecule has 0 spiro atoms. The predicted octanol–water partition coefficient (Wildman–Crippen LogP) is 7.74. The number of aryl methyl sites for hydroxylation is 1. The first-order valence-electron chi connectivity index (χ1n) is 13.0. The zero-order valence-corrected chi connectivity index (χ0v) is 23.0. The van der Waals surface area contributed by atoms with E-state index in [2.05, 4.69) is 32.9 Å². The Balaban J connectivity index is 1.31. The number of hydrogen-bond acceptors (Lipinski definition) is 6. The maximum absolute atomic E-state index is 8.82. The molecule has 1 heterocycles. The van der Waals surface area contributed by atoms with Crippen molar-refractivity contribution < 1.29 is 14.7 Å². The van der Waals surface area contributed by atoms with Crippen molar-refractivity contribution in [3.63, 3.8) is 0 Å². The van der Waals surface area contributed by atoms with Crippen LogP contribution in [0.1, 0.15) is 66.1 Å². The van der Waals surface area contributed by atoms with E-state index in [4.69, 9.17) is 25.1 Å². The molecule has 1 aromatic heterocycles. The predicted molar refractivity (Wildman–Crippen MR) is 154 cm³/mol. The van der Waals surface area contributed by atoms with Crippen LogP contribution >= 0.6 is 11.3 Å². The van der Waals surface area contributed by atoms with Crippen molar-refractivity contribution in [2.45, 2.75) is 59.2 Å². The number of benzene rings is 3. The van der Waals surface area contributed by atoms with Gasteiger partial charge in [-0.25, -0.2) is 4.98 Å². The van der Waals surface area contributed by atoms with Gasteiger partial charge in [0.1, 0.15) is 30.5 Å². The highest BCUT2D eigenvalue weighted by molar-refractivity contribution is 7.12. The number of amidine groups is 1. The first-order chi connectivity index (χ1) is 18.5. The lowest BCUT2D eigenvalue weighted by Gasteiger charge is -2.10. The van der Waals surface area contributed by atoms with Crippen LogP contribution < -0.4 is 15.0 Å². The van der Waals surface area contributed by atoms with Gasteiger partial charge in [-0.2, -0.15) is 0 Å². The highest BCUT2D eigenvalue weighted by atomic mass is 32.1. The molecule has 0 aliphatic carbocycles. The summed E-state index contributed by atoms with van der Waals surface area (Å²) in [6.45, 7) is 7.56. The Morgan fingerprint density at radius 2 is 1.45 bits per heavy atom. The minimum absolute atomic E-state index is 0.0541. The molecule has 38 heavy (non-hydrogen) atoms. The van der Waals surface area contributed by atoms with Crippen molar-refractivity contribution in [2.75, 3.05) is 0 Å². The molecular formula is C31H35N3O3S. The largest absolute Gasteiger partial charge is 0.489 e. The Kier molecular flexibility index (Phi) is 9.51. The number of thiazole rings is 1. The molecule has 0 amide bonds. The van der Waals surface area contributed by atoms with E-state index in [-0.39, 0.29) is 5.84 Å². The van der Waals surface area contributed by atoms with Gasteiger partial charge in [-0.15, -0.1) is 11.3 Å². The molecule has 0 aliphatic heterocycles. The first kappa shape index (κ1) is 27.4. The van der Waals surface area contributed by atoms with Crippen molar-refractivity contribution >= 4 is 17.2 Å². The minimum atomic E-state index is -0.0541. The third-order valence-corrected chi connectivity index (χ3v) is 7.60. The number of aromatic nitrogens is 1. The molecule has 0 bridgehead atoms. The van der Waals surface area contributed by atoms with Crippen LogP contribution in [0.2, 0.25) is 0 Å². The summed E-state index contributed by atoms with van der Waals surface area (Å²) < 4.78 is 11.9. The fraction of sp³-hybridized carbons (Fsp3) is 0.290. The van der Waals surface area contributed by atoms with E-state index in [1.165, 1.54) is 22.7 Å². The molecule has 0 atom stereocenters. The molecule has 0 radical (unpaired) electrons. The molecule has 0 saturated heterocycles. The Labute approximate surface area is 228 Å². The van der Waals surface area contributed by atoms with E-state index >= 15 is 0 Å². The fourth-order valence-corrected chi connectivity index (χ4v) is 5.04. The van der Waals surface area contributed by atoms with Crippen LogP contribution in [0.3, 0.4) is 0 Å². The smallest absolute Gasteiger partial charge is 0.149 e. The first-order valence-corrected chi connectivity index (χ1v) is 13.8. The van der Waals surface area contributed by atoms with E-state index < -0.39 is 0 Å². The molecule has 0 aliphatic rings. The summed E-state index contributed by atoms with van der Waals surface area (Å²) in [6.07, 6.45) is 3.44. The summed E-state index contributed by atoms with van der Waals surface area (Å²) >= 11 is 1.85. The van der Waals surface area contributed by atoms with Crippen LogP contribution in [0.5, 0.6) is 11.5 Å². The molecule has 0 saturated carbocycles. The van der Waals surface area contributed by atoms with Crippen molar-refractivity contribution in [3.05, 3.63) is 99.4 Å². The fourth-order valence-electron chi connectivity index (χ4n) is 3.91. The Morgan fingerprint density at radius 1 is 0.895 bits per heavy atom. The maximum atomic E-state index is 8.82. The quantitative estimate of drug-likeness (QED) is 0.0992. The molecule has 198 valence electrons. The number of nitrogens with zero attached hydrogens (tertiary/aromatic N) is 1. The molecule has 4 rings (SSSR count). The number of nitrogens with one attached hydrogen (secondary N) is 2. The second-order valence-electron chi connectivity index (χ2n) is 9.51. The Morgan fingerprint density at radius 3 is 1.95 bits per heavy atom. The number of hydroxylamine groups is 1. The van der Waals surface area contributed by atoms with Gasteiger partial charge < -0.3 is 9.47 Å². The monoisotopic (exact) mass is 529 g/mol. The van der Waals surface area contributed by atoms with E-state index in [9.17, 15) is 0 Å². The van der Waals surface area contributed by atoms with Gasteiger partial charge in [-0.3, -0.25) is 16.1 Å². The molecule has 0 fully saturated rings.